The van der Waals surface area contributed by atoms with Gasteiger partial charge in [-0.15, -0.1) is 0 Å². The third kappa shape index (κ3) is 6.24. The second-order valence-electron chi connectivity index (χ2n) is 14.4. The molecule has 1 atom stereocenters. The molecule has 0 bridgehead atoms. The van der Waals surface area contributed by atoms with E-state index in [1.807, 2.05) is 114 Å². The molecule has 0 spiro atoms. The van der Waals surface area contributed by atoms with E-state index in [9.17, 15) is 14.7 Å². The molecule has 0 aromatic heterocycles. The summed E-state index contributed by atoms with van der Waals surface area (Å²) in [6.45, 7) is 5.45. The number of carbonyl (C=O) groups excluding carboxylic acids is 2. The molecule has 1 amide bonds. The molecule has 0 saturated carbocycles. The van der Waals surface area contributed by atoms with Crippen LogP contribution in [0.15, 0.2) is 120 Å². The number of ether oxygens (including phenoxy) is 1. The van der Waals surface area contributed by atoms with E-state index >= 15 is 0 Å². The molecule has 7 rings (SSSR count). The van der Waals surface area contributed by atoms with Crippen LogP contribution in [0.4, 0.5) is 11.4 Å². The summed E-state index contributed by atoms with van der Waals surface area (Å²) >= 11 is 0. The number of carbonyl (C=O) groups is 2. The van der Waals surface area contributed by atoms with E-state index in [4.69, 9.17) is 4.74 Å². The Morgan fingerprint density at radius 1 is 0.857 bits per heavy atom. The number of allylic oxidation sites excluding steroid dienone is 1. The fraction of sp³-hybridized carbons (Fsp3) is 0.333. The van der Waals surface area contributed by atoms with Crippen molar-refractivity contribution in [2.45, 2.75) is 51.2 Å². The Bertz CT molecular complexity index is 1800. The van der Waals surface area contributed by atoms with Crippen LogP contribution in [0.1, 0.15) is 62.3 Å². The minimum Gasteiger partial charge on any atom is -0.497 e. The quantitative estimate of drug-likeness (QED) is 0.215. The highest BCUT2D eigenvalue weighted by Gasteiger charge is 2.44. The molecular formula is C42H45N3O4. The van der Waals surface area contributed by atoms with Crippen LogP contribution >= 0.6 is 0 Å². The molecular weight excluding hydrogens is 610 g/mol. The van der Waals surface area contributed by atoms with Crippen LogP contribution in [0.5, 0.6) is 5.75 Å². The molecule has 2 heterocycles. The first-order valence-corrected chi connectivity index (χ1v) is 17.3. The van der Waals surface area contributed by atoms with E-state index in [2.05, 4.69) is 24.1 Å². The number of hydrogen-bond acceptors (Lipinski definition) is 6. The molecule has 1 aliphatic carbocycles. The summed E-state index contributed by atoms with van der Waals surface area (Å²) in [5, 5.41) is 16.1. The maximum atomic E-state index is 14.4. The first-order chi connectivity index (χ1) is 23.7. The lowest BCUT2D eigenvalue weighted by Crippen LogP contribution is -2.49. The number of likely N-dealkylation sites (tertiary alicyclic amines) is 1. The fourth-order valence-electron chi connectivity index (χ4n) is 8.17. The normalized spacial score (nSPS) is 19.4. The summed E-state index contributed by atoms with van der Waals surface area (Å²) < 4.78 is 5.47. The van der Waals surface area contributed by atoms with Gasteiger partial charge in [0.15, 0.2) is 5.78 Å². The van der Waals surface area contributed by atoms with E-state index in [-0.39, 0.29) is 29.6 Å². The lowest BCUT2D eigenvalue weighted by Gasteiger charge is -2.43. The van der Waals surface area contributed by atoms with Crippen LogP contribution in [0.3, 0.4) is 0 Å². The largest absolute Gasteiger partial charge is 0.497 e. The zero-order chi connectivity index (χ0) is 34.2. The average molecular weight is 656 g/mol. The van der Waals surface area contributed by atoms with Crippen molar-refractivity contribution in [2.75, 3.05) is 37.0 Å². The third-order valence-electron chi connectivity index (χ3n) is 10.6. The van der Waals surface area contributed by atoms with Gasteiger partial charge in [0.25, 0.3) is 0 Å². The van der Waals surface area contributed by atoms with Crippen molar-refractivity contribution in [3.05, 3.63) is 137 Å². The molecule has 49 heavy (non-hydrogen) atoms. The predicted molar refractivity (Wildman–Crippen MR) is 193 cm³/mol. The van der Waals surface area contributed by atoms with Gasteiger partial charge < -0.3 is 25.0 Å². The summed E-state index contributed by atoms with van der Waals surface area (Å²) in [5.41, 5.74) is 4.74. The Balaban J connectivity index is 1.20. The number of methoxy groups -OCH3 is 1. The van der Waals surface area contributed by atoms with Crippen molar-refractivity contribution in [3.63, 3.8) is 0 Å². The Morgan fingerprint density at radius 2 is 1.45 bits per heavy atom. The Hall–Kier alpha value is -4.88. The number of fused-ring (bicyclic) bond motifs is 1. The molecule has 1 unspecified atom stereocenters. The van der Waals surface area contributed by atoms with Crippen molar-refractivity contribution in [2.24, 2.45) is 11.3 Å². The van der Waals surface area contributed by atoms with Gasteiger partial charge in [0, 0.05) is 30.8 Å². The second-order valence-corrected chi connectivity index (χ2v) is 14.4. The van der Waals surface area contributed by atoms with Gasteiger partial charge >= 0.3 is 0 Å². The molecule has 1 fully saturated rings. The van der Waals surface area contributed by atoms with Crippen LogP contribution in [0, 0.1) is 11.3 Å². The number of piperidine rings is 1. The molecule has 3 aliphatic rings. The van der Waals surface area contributed by atoms with E-state index in [0.29, 0.717) is 32.4 Å². The number of amides is 1. The highest BCUT2D eigenvalue weighted by molar-refractivity contribution is 6.02. The number of hydrogen-bond donors (Lipinski definition) is 2. The van der Waals surface area contributed by atoms with E-state index in [0.717, 1.165) is 51.5 Å². The Morgan fingerprint density at radius 3 is 2.06 bits per heavy atom. The zero-order valence-corrected chi connectivity index (χ0v) is 28.6. The summed E-state index contributed by atoms with van der Waals surface area (Å²) in [7, 11) is 1.64. The standard InChI is InChI=1S/C42H45N3O4/c1-41(2)26-35-39(37(46)27-41)40(29-18-20-33(49-3)21-19-29)45(36-17-11-10-16-34(36)43-35)28-38(47)44-24-22-32(23-25-44)42(48,30-12-6-4-7-13-30)31-14-8-5-9-15-31/h4-21,32,40,43,48H,22-28H2,1-3H3. The number of nitrogens with one attached hydrogen (secondary N) is 1. The SMILES string of the molecule is COc1ccc(C2C3=C(CC(C)(C)CC3=O)Nc3ccccc3N2CC(=O)N2CCC(C(O)(c3ccccc3)c3ccccc3)CC2)cc1. The number of benzene rings is 4. The lowest BCUT2D eigenvalue weighted by atomic mass is 9.72. The van der Waals surface area contributed by atoms with Crippen molar-refractivity contribution >= 4 is 23.1 Å². The molecule has 0 radical (unpaired) electrons. The van der Waals surface area contributed by atoms with Crippen molar-refractivity contribution < 1.29 is 19.4 Å². The van der Waals surface area contributed by atoms with Crippen LogP contribution in [0.25, 0.3) is 0 Å². The highest BCUT2D eigenvalue weighted by atomic mass is 16.5. The molecule has 4 aromatic rings. The van der Waals surface area contributed by atoms with Gasteiger partial charge in [0.2, 0.25) is 5.91 Å². The molecule has 7 nitrogen and oxygen atoms in total. The van der Waals surface area contributed by atoms with Crippen LogP contribution in [0.2, 0.25) is 0 Å². The summed E-state index contributed by atoms with van der Waals surface area (Å²) in [6, 6.07) is 35.2. The van der Waals surface area contributed by atoms with Crippen molar-refractivity contribution in [3.8, 4) is 5.75 Å². The number of ketones is 1. The van der Waals surface area contributed by atoms with E-state index in [1.165, 1.54) is 0 Å². The first kappa shape index (κ1) is 32.7. The maximum absolute atomic E-state index is 14.4. The van der Waals surface area contributed by atoms with Gasteiger partial charge in [-0.25, -0.2) is 0 Å². The molecule has 4 aromatic carbocycles. The number of aliphatic hydroxyl groups is 1. The van der Waals surface area contributed by atoms with Gasteiger partial charge in [0.1, 0.15) is 11.4 Å². The van der Waals surface area contributed by atoms with Gasteiger partial charge in [0.05, 0.1) is 31.1 Å². The van der Waals surface area contributed by atoms with Gasteiger partial charge in [-0.1, -0.05) is 98.8 Å². The minimum atomic E-state index is -1.16. The fourth-order valence-corrected chi connectivity index (χ4v) is 8.17. The lowest BCUT2D eigenvalue weighted by molar-refractivity contribution is -0.132. The van der Waals surface area contributed by atoms with Crippen LogP contribution in [-0.4, -0.2) is 48.4 Å². The number of para-hydroxylation sites is 2. The third-order valence-corrected chi connectivity index (χ3v) is 10.6. The first-order valence-electron chi connectivity index (χ1n) is 17.3. The molecule has 2 N–H and O–H groups in total. The van der Waals surface area contributed by atoms with Crippen molar-refractivity contribution in [1.82, 2.24) is 4.90 Å². The van der Waals surface area contributed by atoms with Gasteiger partial charge in [-0.3, -0.25) is 9.59 Å². The molecule has 252 valence electrons. The summed E-state index contributed by atoms with van der Waals surface area (Å²) in [5.74, 6) is 0.777. The molecule has 7 heteroatoms. The summed E-state index contributed by atoms with van der Waals surface area (Å²) in [6.07, 6.45) is 2.50. The van der Waals surface area contributed by atoms with Gasteiger partial charge in [-0.05, 0) is 71.6 Å². The van der Waals surface area contributed by atoms with E-state index in [1.54, 1.807) is 7.11 Å². The highest BCUT2D eigenvalue weighted by Crippen LogP contribution is 2.48. The second kappa shape index (κ2) is 13.2. The van der Waals surface area contributed by atoms with Crippen LogP contribution < -0.4 is 15.0 Å². The number of rotatable bonds is 7. The average Bonchev–Trinajstić information content (AvgIpc) is 3.26. The Labute approximate surface area is 289 Å². The monoisotopic (exact) mass is 655 g/mol. The number of anilines is 2. The van der Waals surface area contributed by atoms with Crippen molar-refractivity contribution in [1.29, 1.82) is 0 Å². The summed E-state index contributed by atoms with van der Waals surface area (Å²) in [4.78, 5) is 32.5. The van der Waals surface area contributed by atoms with E-state index < -0.39 is 11.6 Å². The molecule has 2 aliphatic heterocycles. The Kier molecular flexibility index (Phi) is 8.80. The maximum Gasteiger partial charge on any atom is 0.242 e. The topological polar surface area (TPSA) is 82.1 Å². The predicted octanol–water partition coefficient (Wildman–Crippen LogP) is 7.49. The smallest absolute Gasteiger partial charge is 0.242 e. The van der Waals surface area contributed by atoms with Gasteiger partial charge in [-0.2, -0.15) is 0 Å². The minimum absolute atomic E-state index is 0.00219. The van der Waals surface area contributed by atoms with Crippen LogP contribution in [-0.2, 0) is 15.2 Å². The number of nitrogens with zero attached hydrogens (tertiary/aromatic N) is 2. The number of Topliss-reactive ketones (excluding diaryl/α,β-unsaturated/α-hetero) is 1. The zero-order valence-electron chi connectivity index (χ0n) is 28.6. The molecule has 1 saturated heterocycles.